The molecule has 0 fully saturated rings. The van der Waals surface area contributed by atoms with Gasteiger partial charge in [-0.15, -0.1) is 0 Å². The van der Waals surface area contributed by atoms with E-state index in [1.807, 2.05) is 12.4 Å². The Morgan fingerprint density at radius 3 is 2.38 bits per heavy atom. The second-order valence-corrected chi connectivity index (χ2v) is 7.00. The number of rotatable bonds is 8. The highest BCUT2D eigenvalue weighted by atomic mass is 19.1. The first-order valence-electron chi connectivity index (χ1n) is 8.54. The quantitative estimate of drug-likeness (QED) is 0.799. The Morgan fingerprint density at radius 2 is 1.79 bits per heavy atom. The Labute approximate surface area is 143 Å². The SMILES string of the molecule is CC(C)CN(Cc1nccn1C(C)C)CC(O)c1ccc(F)cc1. The van der Waals surface area contributed by atoms with E-state index in [1.54, 1.807) is 12.1 Å². The first-order valence-corrected chi connectivity index (χ1v) is 8.54. The van der Waals surface area contributed by atoms with Crippen LogP contribution in [-0.4, -0.2) is 32.6 Å². The van der Waals surface area contributed by atoms with Crippen LogP contribution in [0.2, 0.25) is 0 Å². The number of imidazole rings is 1. The summed E-state index contributed by atoms with van der Waals surface area (Å²) in [6, 6.07) is 6.41. The number of nitrogens with zero attached hydrogens (tertiary/aromatic N) is 3. The van der Waals surface area contributed by atoms with E-state index >= 15 is 0 Å². The molecule has 1 aromatic heterocycles. The molecule has 24 heavy (non-hydrogen) atoms. The number of benzene rings is 1. The molecule has 0 aliphatic carbocycles. The second kappa shape index (κ2) is 8.40. The number of hydrogen-bond donors (Lipinski definition) is 1. The molecule has 1 atom stereocenters. The van der Waals surface area contributed by atoms with Crippen LogP contribution >= 0.6 is 0 Å². The smallest absolute Gasteiger partial charge is 0.123 e. The van der Waals surface area contributed by atoms with Gasteiger partial charge in [-0.2, -0.15) is 0 Å². The highest BCUT2D eigenvalue weighted by molar-refractivity contribution is 5.18. The maximum Gasteiger partial charge on any atom is 0.123 e. The van der Waals surface area contributed by atoms with Gasteiger partial charge in [-0.05, 0) is 37.5 Å². The summed E-state index contributed by atoms with van der Waals surface area (Å²) in [4.78, 5) is 6.67. The molecule has 2 rings (SSSR count). The van der Waals surface area contributed by atoms with Crippen molar-refractivity contribution in [1.82, 2.24) is 14.5 Å². The van der Waals surface area contributed by atoms with E-state index < -0.39 is 6.10 Å². The Bertz CT molecular complexity index is 622. The molecule has 0 spiro atoms. The molecule has 0 radical (unpaired) electrons. The van der Waals surface area contributed by atoms with Gasteiger partial charge in [0.05, 0.1) is 12.6 Å². The van der Waals surface area contributed by atoms with Crippen molar-refractivity contribution in [2.24, 2.45) is 5.92 Å². The normalized spacial score (nSPS) is 13.2. The third kappa shape index (κ3) is 5.14. The molecule has 132 valence electrons. The zero-order valence-electron chi connectivity index (χ0n) is 15.0. The van der Waals surface area contributed by atoms with Crippen LogP contribution in [0, 0.1) is 11.7 Å². The minimum absolute atomic E-state index is 0.288. The summed E-state index contributed by atoms with van der Waals surface area (Å²) >= 11 is 0. The highest BCUT2D eigenvalue weighted by Gasteiger charge is 2.18. The van der Waals surface area contributed by atoms with Gasteiger partial charge in [-0.1, -0.05) is 26.0 Å². The van der Waals surface area contributed by atoms with Gasteiger partial charge in [0.1, 0.15) is 11.6 Å². The average Bonchev–Trinajstić information content (AvgIpc) is 2.95. The van der Waals surface area contributed by atoms with Gasteiger partial charge < -0.3 is 9.67 Å². The molecule has 1 unspecified atom stereocenters. The number of hydrogen-bond acceptors (Lipinski definition) is 3. The predicted molar refractivity (Wildman–Crippen MR) is 94.1 cm³/mol. The Morgan fingerprint density at radius 1 is 1.12 bits per heavy atom. The summed E-state index contributed by atoms with van der Waals surface area (Å²) in [5, 5.41) is 10.5. The molecule has 0 saturated heterocycles. The van der Waals surface area contributed by atoms with Crippen LogP contribution in [-0.2, 0) is 6.54 Å². The zero-order valence-corrected chi connectivity index (χ0v) is 15.0. The second-order valence-electron chi connectivity index (χ2n) is 7.00. The zero-order chi connectivity index (χ0) is 17.7. The van der Waals surface area contributed by atoms with E-state index in [0.717, 1.165) is 17.9 Å². The van der Waals surface area contributed by atoms with Gasteiger partial charge in [-0.25, -0.2) is 9.37 Å². The van der Waals surface area contributed by atoms with Crippen LogP contribution in [0.5, 0.6) is 0 Å². The fourth-order valence-electron chi connectivity index (χ4n) is 2.89. The van der Waals surface area contributed by atoms with Crippen LogP contribution in [0.15, 0.2) is 36.7 Å². The lowest BCUT2D eigenvalue weighted by atomic mass is 10.1. The topological polar surface area (TPSA) is 41.3 Å². The van der Waals surface area contributed by atoms with Crippen molar-refractivity contribution < 1.29 is 9.50 Å². The fourth-order valence-corrected chi connectivity index (χ4v) is 2.89. The summed E-state index contributed by atoms with van der Waals surface area (Å²) in [6.45, 7) is 10.6. The lowest BCUT2D eigenvalue weighted by Crippen LogP contribution is -2.33. The molecule has 4 nitrogen and oxygen atoms in total. The molecule has 0 bridgehead atoms. The van der Waals surface area contributed by atoms with Crippen LogP contribution in [0.3, 0.4) is 0 Å². The first kappa shape index (κ1) is 18.6. The van der Waals surface area contributed by atoms with E-state index in [1.165, 1.54) is 12.1 Å². The number of aliphatic hydroxyl groups is 1. The molecule has 0 amide bonds. The maximum absolute atomic E-state index is 13.1. The van der Waals surface area contributed by atoms with Gasteiger partial charge in [0.25, 0.3) is 0 Å². The van der Waals surface area contributed by atoms with Crippen molar-refractivity contribution in [1.29, 1.82) is 0 Å². The Hall–Kier alpha value is -1.72. The molecule has 0 saturated carbocycles. The largest absolute Gasteiger partial charge is 0.387 e. The molecule has 1 aromatic carbocycles. The molecule has 0 aliphatic rings. The molecule has 1 heterocycles. The van der Waals surface area contributed by atoms with Crippen molar-refractivity contribution in [2.45, 2.75) is 46.4 Å². The molecule has 5 heteroatoms. The summed E-state index contributed by atoms with van der Waals surface area (Å²) in [5.74, 6) is 1.19. The summed E-state index contributed by atoms with van der Waals surface area (Å²) in [5.41, 5.74) is 0.734. The van der Waals surface area contributed by atoms with Crippen molar-refractivity contribution >= 4 is 0 Å². The van der Waals surface area contributed by atoms with Crippen LogP contribution in [0.1, 0.15) is 51.2 Å². The lowest BCUT2D eigenvalue weighted by Gasteiger charge is -2.27. The summed E-state index contributed by atoms with van der Waals surface area (Å²) < 4.78 is 15.2. The van der Waals surface area contributed by atoms with Crippen molar-refractivity contribution in [3.63, 3.8) is 0 Å². The molecular formula is C19H28FN3O. The van der Waals surface area contributed by atoms with E-state index in [-0.39, 0.29) is 5.82 Å². The number of aliphatic hydroxyl groups excluding tert-OH is 1. The van der Waals surface area contributed by atoms with Crippen molar-refractivity contribution in [3.05, 3.63) is 53.9 Å². The molecule has 2 aromatic rings. The van der Waals surface area contributed by atoms with E-state index in [4.69, 9.17) is 0 Å². The van der Waals surface area contributed by atoms with Gasteiger partial charge in [0.2, 0.25) is 0 Å². The fraction of sp³-hybridized carbons (Fsp3) is 0.526. The van der Waals surface area contributed by atoms with Crippen LogP contribution < -0.4 is 0 Å². The van der Waals surface area contributed by atoms with Crippen molar-refractivity contribution in [2.75, 3.05) is 13.1 Å². The van der Waals surface area contributed by atoms with Crippen molar-refractivity contribution in [3.8, 4) is 0 Å². The van der Waals surface area contributed by atoms with Gasteiger partial charge in [-0.3, -0.25) is 4.90 Å². The van der Waals surface area contributed by atoms with Gasteiger partial charge in [0, 0.05) is 31.5 Å². The molecule has 1 N–H and O–H groups in total. The van der Waals surface area contributed by atoms with E-state index in [0.29, 0.717) is 25.0 Å². The monoisotopic (exact) mass is 333 g/mol. The van der Waals surface area contributed by atoms with Gasteiger partial charge in [0.15, 0.2) is 0 Å². The number of halogens is 1. The Kier molecular flexibility index (Phi) is 6.52. The minimum atomic E-state index is -0.646. The predicted octanol–water partition coefficient (Wildman–Crippen LogP) is 3.79. The van der Waals surface area contributed by atoms with Gasteiger partial charge >= 0.3 is 0 Å². The van der Waals surface area contributed by atoms with E-state index in [2.05, 4.69) is 42.1 Å². The minimum Gasteiger partial charge on any atom is -0.387 e. The van der Waals surface area contributed by atoms with Crippen LogP contribution in [0.4, 0.5) is 4.39 Å². The standard InChI is InChI=1S/C19H28FN3O/c1-14(2)11-22(13-19-21-9-10-23(19)15(3)4)12-18(24)16-5-7-17(20)8-6-16/h5-10,14-15,18,24H,11-13H2,1-4H3. The molecule has 0 aliphatic heterocycles. The van der Waals surface area contributed by atoms with E-state index in [9.17, 15) is 9.50 Å². The molecular weight excluding hydrogens is 305 g/mol. The highest BCUT2D eigenvalue weighted by Crippen LogP contribution is 2.18. The first-order chi connectivity index (χ1) is 11.4. The summed E-state index contributed by atoms with van der Waals surface area (Å²) in [6.07, 6.45) is 3.16. The third-order valence-corrected chi connectivity index (χ3v) is 3.98. The Balaban J connectivity index is 2.10. The third-order valence-electron chi connectivity index (χ3n) is 3.98. The summed E-state index contributed by atoms with van der Waals surface area (Å²) in [7, 11) is 0. The maximum atomic E-state index is 13.1. The number of aromatic nitrogens is 2. The van der Waals surface area contributed by atoms with Crippen LogP contribution in [0.25, 0.3) is 0 Å². The lowest BCUT2D eigenvalue weighted by molar-refractivity contribution is 0.0991. The average molecular weight is 333 g/mol.